The molecule has 6 rings (SSSR count). The highest BCUT2D eigenvalue weighted by atomic mass is 35.5. The highest BCUT2D eigenvalue weighted by Crippen LogP contribution is 2.27. The molecular weight excluding hydrogens is 510 g/mol. The quantitative estimate of drug-likeness (QED) is 0.515. The summed E-state index contributed by atoms with van der Waals surface area (Å²) in [6, 6.07) is 7.38. The standard InChI is InChI=1S/C25H30ClN9OS/c26-19-7-5-18(6-8-19)20-17-37-24(27-20)31-25(36)35-15-13-34(14-16-35)23-29-21(32-9-1-2-10-32)28-22(30-23)33-11-3-4-12-33/h5-8,17H,1-4,9-16H2,(H,27,31,36). The van der Waals surface area contributed by atoms with Crippen molar-refractivity contribution in [1.82, 2.24) is 24.8 Å². The molecule has 0 aliphatic carbocycles. The zero-order valence-corrected chi connectivity index (χ0v) is 22.2. The number of benzene rings is 1. The maximum atomic E-state index is 12.9. The smallest absolute Gasteiger partial charge is 0.323 e. The predicted octanol–water partition coefficient (Wildman–Crippen LogP) is 4.20. The first-order valence-electron chi connectivity index (χ1n) is 12.9. The van der Waals surface area contributed by atoms with Crippen LogP contribution >= 0.6 is 22.9 Å². The number of carbonyl (C=O) groups is 1. The molecule has 0 atom stereocenters. The number of halogens is 1. The average molecular weight is 540 g/mol. The van der Waals surface area contributed by atoms with Gasteiger partial charge in [-0.1, -0.05) is 23.7 Å². The van der Waals surface area contributed by atoms with Crippen molar-refractivity contribution in [1.29, 1.82) is 0 Å². The van der Waals surface area contributed by atoms with E-state index < -0.39 is 0 Å². The van der Waals surface area contributed by atoms with Crippen molar-refractivity contribution in [3.05, 3.63) is 34.7 Å². The van der Waals surface area contributed by atoms with E-state index in [1.807, 2.05) is 34.5 Å². The molecule has 10 nitrogen and oxygen atoms in total. The van der Waals surface area contributed by atoms with E-state index >= 15 is 0 Å². The summed E-state index contributed by atoms with van der Waals surface area (Å²) < 4.78 is 0. The molecule has 3 aromatic rings. The summed E-state index contributed by atoms with van der Waals surface area (Å²) in [4.78, 5) is 40.6. The molecular formula is C25H30ClN9OS. The van der Waals surface area contributed by atoms with Crippen molar-refractivity contribution < 1.29 is 4.79 Å². The lowest BCUT2D eigenvalue weighted by Crippen LogP contribution is -2.50. The van der Waals surface area contributed by atoms with Crippen molar-refractivity contribution in [2.75, 3.05) is 72.4 Å². The van der Waals surface area contributed by atoms with E-state index in [4.69, 9.17) is 26.6 Å². The number of carbonyl (C=O) groups excluding carboxylic acids is 1. The summed E-state index contributed by atoms with van der Waals surface area (Å²) >= 11 is 7.40. The summed E-state index contributed by atoms with van der Waals surface area (Å²) in [5.41, 5.74) is 1.79. The van der Waals surface area contributed by atoms with Gasteiger partial charge in [0.15, 0.2) is 5.13 Å². The lowest BCUT2D eigenvalue weighted by atomic mass is 10.2. The fourth-order valence-corrected chi connectivity index (χ4v) is 5.80. The van der Waals surface area contributed by atoms with Gasteiger partial charge in [0.2, 0.25) is 17.8 Å². The first-order valence-corrected chi connectivity index (χ1v) is 14.2. The Morgan fingerprint density at radius 2 is 1.24 bits per heavy atom. The van der Waals surface area contributed by atoms with Gasteiger partial charge in [0.1, 0.15) is 0 Å². The van der Waals surface area contributed by atoms with Gasteiger partial charge in [-0.3, -0.25) is 5.32 Å². The molecule has 3 aliphatic rings. The summed E-state index contributed by atoms with van der Waals surface area (Å²) in [6.45, 7) is 6.49. The number of piperazine rings is 1. The Balaban J connectivity index is 1.10. The van der Waals surface area contributed by atoms with E-state index in [1.54, 1.807) is 0 Å². The number of amides is 2. The van der Waals surface area contributed by atoms with Crippen LogP contribution in [-0.4, -0.2) is 83.2 Å². The van der Waals surface area contributed by atoms with Crippen molar-refractivity contribution >= 4 is 51.9 Å². The molecule has 0 bridgehead atoms. The number of hydrogen-bond acceptors (Lipinski definition) is 9. The second kappa shape index (κ2) is 10.7. The van der Waals surface area contributed by atoms with Crippen molar-refractivity contribution in [2.45, 2.75) is 25.7 Å². The predicted molar refractivity (Wildman–Crippen MR) is 148 cm³/mol. The Labute approximate surface area is 225 Å². The maximum Gasteiger partial charge on any atom is 0.323 e. The van der Waals surface area contributed by atoms with Crippen molar-refractivity contribution in [2.24, 2.45) is 0 Å². The van der Waals surface area contributed by atoms with Crippen LogP contribution in [0.3, 0.4) is 0 Å². The molecule has 12 heteroatoms. The molecule has 2 amide bonds. The van der Waals surface area contributed by atoms with Crippen LogP contribution in [0.25, 0.3) is 11.3 Å². The number of thiazole rings is 1. The molecule has 5 heterocycles. The number of nitrogens with one attached hydrogen (secondary N) is 1. The maximum absolute atomic E-state index is 12.9. The largest absolute Gasteiger partial charge is 0.341 e. The molecule has 3 saturated heterocycles. The molecule has 0 radical (unpaired) electrons. The van der Waals surface area contributed by atoms with E-state index in [9.17, 15) is 4.79 Å². The lowest BCUT2D eigenvalue weighted by Gasteiger charge is -2.35. The van der Waals surface area contributed by atoms with Crippen molar-refractivity contribution in [3.8, 4) is 11.3 Å². The Hall–Kier alpha value is -3.18. The lowest BCUT2D eigenvalue weighted by molar-refractivity contribution is 0.208. The van der Waals surface area contributed by atoms with Gasteiger partial charge in [-0.05, 0) is 37.8 Å². The summed E-state index contributed by atoms with van der Waals surface area (Å²) in [5, 5.41) is 6.16. The molecule has 1 N–H and O–H groups in total. The van der Waals surface area contributed by atoms with E-state index in [0.717, 1.165) is 49.3 Å². The average Bonchev–Trinajstić information content (AvgIpc) is 3.72. The molecule has 37 heavy (non-hydrogen) atoms. The summed E-state index contributed by atoms with van der Waals surface area (Å²) in [6.07, 6.45) is 4.70. The fourth-order valence-electron chi connectivity index (χ4n) is 4.97. The van der Waals surface area contributed by atoms with Gasteiger partial charge in [0.05, 0.1) is 5.69 Å². The Kier molecular flexibility index (Phi) is 6.97. The van der Waals surface area contributed by atoms with Gasteiger partial charge in [0, 0.05) is 68.3 Å². The molecule has 194 valence electrons. The van der Waals surface area contributed by atoms with Crippen LogP contribution in [0.4, 0.5) is 27.8 Å². The number of hydrogen-bond donors (Lipinski definition) is 1. The van der Waals surface area contributed by atoms with E-state index in [0.29, 0.717) is 42.3 Å². The number of nitrogens with zero attached hydrogens (tertiary/aromatic N) is 8. The van der Waals surface area contributed by atoms with Crippen LogP contribution in [0.1, 0.15) is 25.7 Å². The number of rotatable bonds is 5. The zero-order valence-electron chi connectivity index (χ0n) is 20.6. The summed E-state index contributed by atoms with van der Waals surface area (Å²) in [7, 11) is 0. The van der Waals surface area contributed by atoms with Crippen LogP contribution in [0.15, 0.2) is 29.6 Å². The van der Waals surface area contributed by atoms with Crippen LogP contribution in [0.5, 0.6) is 0 Å². The Morgan fingerprint density at radius 1 is 0.730 bits per heavy atom. The number of anilines is 4. The first kappa shape index (κ1) is 24.2. The second-order valence-corrected chi connectivity index (χ2v) is 10.9. The third-order valence-electron chi connectivity index (χ3n) is 7.09. The van der Waals surface area contributed by atoms with Gasteiger partial charge in [-0.15, -0.1) is 11.3 Å². The molecule has 2 aromatic heterocycles. The van der Waals surface area contributed by atoms with E-state index in [-0.39, 0.29) is 6.03 Å². The molecule has 0 spiro atoms. The highest BCUT2D eigenvalue weighted by molar-refractivity contribution is 7.14. The molecule has 3 aliphatic heterocycles. The Morgan fingerprint density at radius 3 is 1.78 bits per heavy atom. The minimum Gasteiger partial charge on any atom is -0.341 e. The number of urea groups is 1. The zero-order chi connectivity index (χ0) is 25.2. The minimum atomic E-state index is -0.136. The Bertz CT molecular complexity index is 1200. The minimum absolute atomic E-state index is 0.136. The first-order chi connectivity index (χ1) is 18.1. The van der Waals surface area contributed by atoms with Crippen molar-refractivity contribution in [3.63, 3.8) is 0 Å². The van der Waals surface area contributed by atoms with Gasteiger partial charge >= 0.3 is 6.03 Å². The molecule has 0 unspecified atom stereocenters. The molecule has 1 aromatic carbocycles. The van der Waals surface area contributed by atoms with Gasteiger partial charge < -0.3 is 19.6 Å². The number of aromatic nitrogens is 4. The summed E-state index contributed by atoms with van der Waals surface area (Å²) in [5.74, 6) is 2.28. The topological polar surface area (TPSA) is 93.6 Å². The third kappa shape index (κ3) is 5.42. The second-order valence-electron chi connectivity index (χ2n) is 9.57. The third-order valence-corrected chi connectivity index (χ3v) is 8.10. The van der Waals surface area contributed by atoms with Crippen LogP contribution in [0, 0.1) is 0 Å². The fraction of sp³-hybridized carbons (Fsp3) is 0.480. The van der Waals surface area contributed by atoms with Crippen LogP contribution in [0.2, 0.25) is 5.02 Å². The van der Waals surface area contributed by atoms with Crippen LogP contribution < -0.4 is 20.0 Å². The highest BCUT2D eigenvalue weighted by Gasteiger charge is 2.27. The molecule has 0 saturated carbocycles. The van der Waals surface area contributed by atoms with Gasteiger partial charge in [-0.25, -0.2) is 9.78 Å². The molecule has 3 fully saturated rings. The van der Waals surface area contributed by atoms with Gasteiger partial charge in [-0.2, -0.15) is 15.0 Å². The van der Waals surface area contributed by atoms with E-state index in [2.05, 4.69) is 25.0 Å². The van der Waals surface area contributed by atoms with Crippen LogP contribution in [-0.2, 0) is 0 Å². The monoisotopic (exact) mass is 539 g/mol. The van der Waals surface area contributed by atoms with Gasteiger partial charge in [0.25, 0.3) is 0 Å². The normalized spacial score (nSPS) is 18.1. The SMILES string of the molecule is O=C(Nc1nc(-c2ccc(Cl)cc2)cs1)N1CCN(c2nc(N3CCCC3)nc(N3CCCC3)n2)CC1. The van der Waals surface area contributed by atoms with E-state index in [1.165, 1.54) is 37.0 Å².